The van der Waals surface area contributed by atoms with Crippen molar-refractivity contribution in [2.45, 2.75) is 25.1 Å². The fourth-order valence-electron chi connectivity index (χ4n) is 2.46. The van der Waals surface area contributed by atoms with E-state index in [-0.39, 0.29) is 12.8 Å². The molecule has 0 saturated carbocycles. The number of rotatable bonds is 6. The zero-order valence-electron chi connectivity index (χ0n) is 14.3. The third-order valence-corrected chi connectivity index (χ3v) is 4.90. The fraction of sp³-hybridized carbons (Fsp3) is 0.263. The Hall–Kier alpha value is -2.10. The lowest BCUT2D eigenvalue weighted by molar-refractivity contribution is -0.145. The van der Waals surface area contributed by atoms with Crippen LogP contribution in [0.15, 0.2) is 48.5 Å². The van der Waals surface area contributed by atoms with Crippen molar-refractivity contribution in [3.8, 4) is 0 Å². The Morgan fingerprint density at radius 1 is 1.11 bits per heavy atom. The van der Waals surface area contributed by atoms with Crippen LogP contribution in [0.5, 0.6) is 0 Å². The lowest BCUT2D eigenvalue weighted by Crippen LogP contribution is -2.43. The third-order valence-electron chi connectivity index (χ3n) is 3.85. The van der Waals surface area contributed by atoms with Gasteiger partial charge in [0.15, 0.2) is 0 Å². The molecule has 2 aromatic carbocycles. The lowest BCUT2D eigenvalue weighted by atomic mass is 10.0. The second kappa shape index (κ2) is 9.20. The minimum Gasteiger partial charge on any atom is -0.467 e. The molecule has 1 N–H and O–H groups in total. The first kappa shape index (κ1) is 21.2. The van der Waals surface area contributed by atoms with Gasteiger partial charge in [-0.05, 0) is 51.9 Å². The van der Waals surface area contributed by atoms with Crippen LogP contribution in [-0.2, 0) is 33.3 Å². The van der Waals surface area contributed by atoms with Crippen LogP contribution in [0, 0.1) is 3.57 Å². The van der Waals surface area contributed by atoms with Crippen molar-refractivity contribution in [2.24, 2.45) is 0 Å². The van der Waals surface area contributed by atoms with Gasteiger partial charge in [0.05, 0.1) is 19.1 Å². The average Bonchev–Trinajstić information content (AvgIpc) is 2.62. The number of hydrogen-bond acceptors (Lipinski definition) is 3. The van der Waals surface area contributed by atoms with Gasteiger partial charge in [0, 0.05) is 9.99 Å². The van der Waals surface area contributed by atoms with Crippen LogP contribution in [0.3, 0.4) is 0 Å². The predicted molar refractivity (Wildman–Crippen MR) is 102 cm³/mol. The number of benzene rings is 2. The van der Waals surface area contributed by atoms with Crippen molar-refractivity contribution >= 4 is 34.5 Å². The van der Waals surface area contributed by atoms with E-state index in [0.717, 1.165) is 21.3 Å². The normalized spacial score (nSPS) is 12.3. The van der Waals surface area contributed by atoms with Crippen LogP contribution in [0.2, 0.25) is 0 Å². The molecule has 2 rings (SSSR count). The molecule has 0 unspecified atom stereocenters. The highest BCUT2D eigenvalue weighted by Crippen LogP contribution is 2.29. The molecule has 0 bridgehead atoms. The van der Waals surface area contributed by atoms with Crippen LogP contribution in [0.4, 0.5) is 13.2 Å². The number of carbonyl (C=O) groups excluding carboxylic acids is 2. The summed E-state index contributed by atoms with van der Waals surface area (Å²) in [6.45, 7) is 0. The second-order valence-electron chi connectivity index (χ2n) is 5.81. The summed E-state index contributed by atoms with van der Waals surface area (Å²) < 4.78 is 43.5. The second-order valence-corrected chi connectivity index (χ2v) is 6.97. The molecular formula is C19H17F3INO3. The van der Waals surface area contributed by atoms with E-state index in [0.29, 0.717) is 5.56 Å². The number of nitrogens with one attached hydrogen (secondary N) is 1. The van der Waals surface area contributed by atoms with Crippen molar-refractivity contribution in [3.63, 3.8) is 0 Å². The third kappa shape index (κ3) is 6.23. The van der Waals surface area contributed by atoms with E-state index in [1.807, 2.05) is 24.3 Å². The maximum Gasteiger partial charge on any atom is 0.416 e. The van der Waals surface area contributed by atoms with E-state index >= 15 is 0 Å². The molecule has 0 fully saturated rings. The van der Waals surface area contributed by atoms with Crippen molar-refractivity contribution < 1.29 is 27.5 Å². The first-order valence-electron chi connectivity index (χ1n) is 7.97. The van der Waals surface area contributed by atoms with E-state index in [4.69, 9.17) is 4.74 Å². The standard InChI is InChI=1S/C19H17F3INO3/c1-27-18(26)16(11-13-4-2-3-5-15(13)23)24-17(25)10-12-6-8-14(9-7-12)19(20,21)22/h2-9,16H,10-11H2,1H3,(H,24,25)/t16-/m0/s1. The molecule has 0 radical (unpaired) electrons. The topological polar surface area (TPSA) is 55.4 Å². The number of amides is 1. The Morgan fingerprint density at radius 2 is 1.74 bits per heavy atom. The Bertz CT molecular complexity index is 807. The molecule has 27 heavy (non-hydrogen) atoms. The number of esters is 1. The van der Waals surface area contributed by atoms with Crippen LogP contribution in [-0.4, -0.2) is 25.0 Å². The number of halogens is 4. The number of carbonyl (C=O) groups is 2. The van der Waals surface area contributed by atoms with Gasteiger partial charge in [-0.2, -0.15) is 13.2 Å². The van der Waals surface area contributed by atoms with E-state index < -0.39 is 29.7 Å². The molecule has 1 amide bonds. The molecule has 0 spiro atoms. The molecule has 2 aromatic rings. The highest BCUT2D eigenvalue weighted by atomic mass is 127. The molecule has 1 atom stereocenters. The molecule has 0 aromatic heterocycles. The SMILES string of the molecule is COC(=O)[C@H](Cc1ccccc1I)NC(=O)Cc1ccc(C(F)(F)F)cc1. The minimum atomic E-state index is -4.43. The summed E-state index contributed by atoms with van der Waals surface area (Å²) in [6, 6.07) is 10.9. The molecule has 0 aliphatic heterocycles. The van der Waals surface area contributed by atoms with Crippen LogP contribution in [0.1, 0.15) is 16.7 Å². The Morgan fingerprint density at radius 3 is 2.30 bits per heavy atom. The summed E-state index contributed by atoms with van der Waals surface area (Å²) in [5.74, 6) is -1.06. The lowest BCUT2D eigenvalue weighted by Gasteiger charge is -2.17. The molecule has 0 heterocycles. The minimum absolute atomic E-state index is 0.141. The smallest absolute Gasteiger partial charge is 0.416 e. The summed E-state index contributed by atoms with van der Waals surface area (Å²) in [5, 5.41) is 2.60. The van der Waals surface area contributed by atoms with Gasteiger partial charge in [0.25, 0.3) is 0 Å². The van der Waals surface area contributed by atoms with Gasteiger partial charge >= 0.3 is 12.1 Å². The van der Waals surface area contributed by atoms with Gasteiger partial charge in [-0.3, -0.25) is 4.79 Å². The van der Waals surface area contributed by atoms with Gasteiger partial charge in [0.2, 0.25) is 5.91 Å². The highest BCUT2D eigenvalue weighted by molar-refractivity contribution is 14.1. The summed E-state index contributed by atoms with van der Waals surface area (Å²) in [7, 11) is 1.23. The van der Waals surface area contributed by atoms with Crippen molar-refractivity contribution in [1.29, 1.82) is 0 Å². The van der Waals surface area contributed by atoms with Gasteiger partial charge < -0.3 is 10.1 Å². The monoisotopic (exact) mass is 491 g/mol. The molecule has 0 aliphatic carbocycles. The van der Waals surface area contributed by atoms with Crippen LogP contribution < -0.4 is 5.32 Å². The number of methoxy groups -OCH3 is 1. The number of ether oxygens (including phenoxy) is 1. The first-order chi connectivity index (χ1) is 12.7. The van der Waals surface area contributed by atoms with Gasteiger partial charge in [0.1, 0.15) is 6.04 Å². The fourth-order valence-corrected chi connectivity index (χ4v) is 3.07. The average molecular weight is 491 g/mol. The number of hydrogen-bond donors (Lipinski definition) is 1. The zero-order valence-corrected chi connectivity index (χ0v) is 16.5. The summed E-state index contributed by atoms with van der Waals surface area (Å²) in [5.41, 5.74) is 0.513. The van der Waals surface area contributed by atoms with Crippen molar-refractivity contribution in [3.05, 3.63) is 68.8 Å². The van der Waals surface area contributed by atoms with Crippen molar-refractivity contribution in [2.75, 3.05) is 7.11 Å². The van der Waals surface area contributed by atoms with E-state index in [1.165, 1.54) is 19.2 Å². The quantitative estimate of drug-likeness (QED) is 0.495. The Labute approximate surface area is 168 Å². The summed E-state index contributed by atoms with van der Waals surface area (Å²) >= 11 is 2.13. The van der Waals surface area contributed by atoms with E-state index in [2.05, 4.69) is 27.9 Å². The first-order valence-corrected chi connectivity index (χ1v) is 9.05. The molecule has 4 nitrogen and oxygen atoms in total. The molecule has 0 aliphatic rings. The maximum absolute atomic E-state index is 12.6. The Balaban J connectivity index is 2.05. The van der Waals surface area contributed by atoms with Crippen LogP contribution in [0.25, 0.3) is 0 Å². The van der Waals surface area contributed by atoms with Crippen molar-refractivity contribution in [1.82, 2.24) is 5.32 Å². The van der Waals surface area contributed by atoms with Gasteiger partial charge in [-0.1, -0.05) is 30.3 Å². The van der Waals surface area contributed by atoms with Gasteiger partial charge in [-0.25, -0.2) is 4.79 Å². The predicted octanol–water partition coefficient (Wildman–Crippen LogP) is 3.75. The molecular weight excluding hydrogens is 474 g/mol. The largest absolute Gasteiger partial charge is 0.467 e. The highest BCUT2D eigenvalue weighted by Gasteiger charge is 2.30. The number of alkyl halides is 3. The zero-order chi connectivity index (χ0) is 20.0. The molecule has 144 valence electrons. The van der Waals surface area contributed by atoms with E-state index in [1.54, 1.807) is 0 Å². The van der Waals surface area contributed by atoms with Gasteiger partial charge in [-0.15, -0.1) is 0 Å². The van der Waals surface area contributed by atoms with E-state index in [9.17, 15) is 22.8 Å². The molecule has 8 heteroatoms. The van der Waals surface area contributed by atoms with Crippen LogP contribution >= 0.6 is 22.6 Å². The summed E-state index contributed by atoms with van der Waals surface area (Å²) in [4.78, 5) is 24.3. The maximum atomic E-state index is 12.6. The summed E-state index contributed by atoms with van der Waals surface area (Å²) in [6.07, 6.45) is -4.31. The Kier molecular flexibility index (Phi) is 7.23. The molecule has 0 saturated heterocycles.